The van der Waals surface area contributed by atoms with Gasteiger partial charge in [0.2, 0.25) is 5.91 Å². The summed E-state index contributed by atoms with van der Waals surface area (Å²) in [6.45, 7) is 3.03. The van der Waals surface area contributed by atoms with Gasteiger partial charge in [-0.3, -0.25) is 9.69 Å². The van der Waals surface area contributed by atoms with E-state index in [1.54, 1.807) is 6.92 Å². The Morgan fingerprint density at radius 1 is 1.08 bits per heavy atom. The van der Waals surface area contributed by atoms with E-state index in [2.05, 4.69) is 11.4 Å². The smallest absolute Gasteiger partial charge is 0.241 e. The summed E-state index contributed by atoms with van der Waals surface area (Å²) < 4.78 is 39.9. The molecule has 0 aromatic heterocycles. The molecule has 3 nitrogen and oxygen atoms in total. The standard InChI is InChI=1S/C18H17F3N2O/c1-11(23-9-8-12-4-2-3-5-13(12)10-23)18(24)22-15-7-6-14(19)16(20)17(15)21/h2-7,11H,8-10H2,1H3,(H,22,24)/t11-/m1/s1. The summed E-state index contributed by atoms with van der Waals surface area (Å²) in [7, 11) is 0. The number of anilines is 1. The second kappa shape index (κ2) is 6.65. The Hall–Kier alpha value is -2.34. The largest absolute Gasteiger partial charge is 0.322 e. The van der Waals surface area contributed by atoms with Crippen molar-refractivity contribution < 1.29 is 18.0 Å². The average Bonchev–Trinajstić information content (AvgIpc) is 2.61. The number of hydrogen-bond donors (Lipinski definition) is 1. The van der Waals surface area contributed by atoms with E-state index in [0.717, 1.165) is 24.1 Å². The van der Waals surface area contributed by atoms with Gasteiger partial charge in [-0.2, -0.15) is 0 Å². The molecule has 1 aliphatic rings. The summed E-state index contributed by atoms with van der Waals surface area (Å²) in [5.74, 6) is -4.72. The number of halogens is 3. The van der Waals surface area contributed by atoms with E-state index in [4.69, 9.17) is 0 Å². The molecule has 0 fully saturated rings. The van der Waals surface area contributed by atoms with Gasteiger partial charge in [-0.05, 0) is 36.6 Å². The minimum absolute atomic E-state index is 0.358. The van der Waals surface area contributed by atoms with Crippen LogP contribution in [0.3, 0.4) is 0 Å². The van der Waals surface area contributed by atoms with E-state index >= 15 is 0 Å². The van der Waals surface area contributed by atoms with Crippen LogP contribution in [-0.2, 0) is 17.8 Å². The normalized spacial score (nSPS) is 15.7. The number of amides is 1. The number of nitrogens with one attached hydrogen (secondary N) is 1. The zero-order chi connectivity index (χ0) is 17.3. The summed E-state index contributed by atoms with van der Waals surface area (Å²) in [5.41, 5.74) is 2.05. The van der Waals surface area contributed by atoms with Crippen LogP contribution in [0, 0.1) is 17.5 Å². The van der Waals surface area contributed by atoms with Crippen LogP contribution in [0.4, 0.5) is 18.9 Å². The fourth-order valence-corrected chi connectivity index (χ4v) is 2.87. The molecular formula is C18H17F3N2O. The monoisotopic (exact) mass is 334 g/mol. The predicted octanol–water partition coefficient (Wildman–Crippen LogP) is 3.49. The lowest BCUT2D eigenvalue weighted by atomic mass is 9.99. The van der Waals surface area contributed by atoms with Gasteiger partial charge >= 0.3 is 0 Å². The Morgan fingerprint density at radius 2 is 1.79 bits per heavy atom. The molecule has 1 heterocycles. The van der Waals surface area contributed by atoms with Crippen molar-refractivity contribution in [1.29, 1.82) is 0 Å². The molecular weight excluding hydrogens is 317 g/mol. The van der Waals surface area contributed by atoms with Crippen LogP contribution in [0.15, 0.2) is 36.4 Å². The van der Waals surface area contributed by atoms with Crippen LogP contribution in [0.2, 0.25) is 0 Å². The van der Waals surface area contributed by atoms with Gasteiger partial charge in [0.15, 0.2) is 17.5 Å². The van der Waals surface area contributed by atoms with Gasteiger partial charge in [0.1, 0.15) is 0 Å². The zero-order valence-corrected chi connectivity index (χ0v) is 13.2. The van der Waals surface area contributed by atoms with Crippen molar-refractivity contribution in [3.63, 3.8) is 0 Å². The summed E-state index contributed by atoms with van der Waals surface area (Å²) in [4.78, 5) is 14.3. The number of rotatable bonds is 3. The molecule has 0 bridgehead atoms. The third-order valence-electron chi connectivity index (χ3n) is 4.38. The second-order valence-electron chi connectivity index (χ2n) is 5.88. The molecule has 1 atom stereocenters. The van der Waals surface area contributed by atoms with E-state index in [1.807, 2.05) is 23.1 Å². The average molecular weight is 334 g/mol. The number of hydrogen-bond acceptors (Lipinski definition) is 2. The first-order valence-electron chi connectivity index (χ1n) is 7.72. The maximum atomic E-state index is 13.7. The minimum atomic E-state index is -1.59. The van der Waals surface area contributed by atoms with Gasteiger partial charge in [0.25, 0.3) is 0 Å². The third-order valence-corrected chi connectivity index (χ3v) is 4.38. The molecule has 2 aromatic rings. The molecule has 126 valence electrons. The first kappa shape index (κ1) is 16.5. The molecule has 0 spiro atoms. The van der Waals surface area contributed by atoms with E-state index in [-0.39, 0.29) is 5.69 Å². The Balaban J connectivity index is 1.71. The first-order valence-corrected chi connectivity index (χ1v) is 7.72. The van der Waals surface area contributed by atoms with Crippen molar-refractivity contribution in [2.75, 3.05) is 11.9 Å². The number of carbonyl (C=O) groups excluding carboxylic acids is 1. The molecule has 3 rings (SSSR count). The summed E-state index contributed by atoms with van der Waals surface area (Å²) in [6, 6.07) is 9.29. The molecule has 24 heavy (non-hydrogen) atoms. The van der Waals surface area contributed by atoms with Gasteiger partial charge in [-0.25, -0.2) is 13.2 Å². The number of benzene rings is 2. The van der Waals surface area contributed by atoms with Crippen molar-refractivity contribution in [2.45, 2.75) is 25.9 Å². The lowest BCUT2D eigenvalue weighted by Gasteiger charge is -2.32. The van der Waals surface area contributed by atoms with Gasteiger partial charge < -0.3 is 5.32 Å². The van der Waals surface area contributed by atoms with Crippen LogP contribution < -0.4 is 5.32 Å². The third kappa shape index (κ3) is 3.14. The second-order valence-corrected chi connectivity index (χ2v) is 5.88. The molecule has 0 saturated carbocycles. The summed E-state index contributed by atoms with van der Waals surface area (Å²) >= 11 is 0. The number of carbonyl (C=O) groups is 1. The highest BCUT2D eigenvalue weighted by molar-refractivity contribution is 5.94. The number of nitrogens with zero attached hydrogens (tertiary/aromatic N) is 1. The highest BCUT2D eigenvalue weighted by Gasteiger charge is 2.26. The van der Waals surface area contributed by atoms with E-state index in [1.165, 1.54) is 5.56 Å². The highest BCUT2D eigenvalue weighted by atomic mass is 19.2. The highest BCUT2D eigenvalue weighted by Crippen LogP contribution is 2.23. The van der Waals surface area contributed by atoms with Crippen molar-refractivity contribution >= 4 is 11.6 Å². The lowest BCUT2D eigenvalue weighted by molar-refractivity contribution is -0.121. The molecule has 6 heteroatoms. The van der Waals surface area contributed by atoms with E-state index in [9.17, 15) is 18.0 Å². The molecule has 0 saturated heterocycles. The molecule has 1 amide bonds. The van der Waals surface area contributed by atoms with Crippen molar-refractivity contribution in [3.8, 4) is 0 Å². The summed E-state index contributed by atoms with van der Waals surface area (Å²) in [5, 5.41) is 2.34. The quantitative estimate of drug-likeness (QED) is 0.872. The van der Waals surface area contributed by atoms with Gasteiger partial charge in [0, 0.05) is 13.1 Å². The topological polar surface area (TPSA) is 32.3 Å². The Morgan fingerprint density at radius 3 is 2.54 bits per heavy atom. The van der Waals surface area contributed by atoms with Crippen LogP contribution in [0.5, 0.6) is 0 Å². The molecule has 0 aliphatic carbocycles. The Labute approximate surface area is 138 Å². The summed E-state index contributed by atoms with van der Waals surface area (Å²) in [6.07, 6.45) is 0.827. The lowest BCUT2D eigenvalue weighted by Crippen LogP contribution is -2.44. The molecule has 0 radical (unpaired) electrons. The van der Waals surface area contributed by atoms with Crippen molar-refractivity contribution in [3.05, 3.63) is 65.0 Å². The molecule has 1 aliphatic heterocycles. The maximum Gasteiger partial charge on any atom is 0.241 e. The molecule has 0 unspecified atom stereocenters. The maximum absolute atomic E-state index is 13.7. The van der Waals surface area contributed by atoms with Gasteiger partial charge in [0.05, 0.1) is 11.7 Å². The van der Waals surface area contributed by atoms with Crippen LogP contribution in [-0.4, -0.2) is 23.4 Å². The Kier molecular flexibility index (Phi) is 4.57. The van der Waals surface area contributed by atoms with E-state index < -0.39 is 29.4 Å². The molecule has 2 aromatic carbocycles. The Bertz CT molecular complexity index is 779. The van der Waals surface area contributed by atoms with Crippen molar-refractivity contribution in [1.82, 2.24) is 4.90 Å². The van der Waals surface area contributed by atoms with Crippen LogP contribution >= 0.6 is 0 Å². The van der Waals surface area contributed by atoms with Gasteiger partial charge in [-0.1, -0.05) is 24.3 Å². The zero-order valence-electron chi connectivity index (χ0n) is 13.2. The fraction of sp³-hybridized carbons (Fsp3) is 0.278. The van der Waals surface area contributed by atoms with Gasteiger partial charge in [-0.15, -0.1) is 0 Å². The minimum Gasteiger partial charge on any atom is -0.322 e. The van der Waals surface area contributed by atoms with Crippen LogP contribution in [0.25, 0.3) is 0 Å². The predicted molar refractivity (Wildman–Crippen MR) is 85.0 cm³/mol. The van der Waals surface area contributed by atoms with Crippen LogP contribution in [0.1, 0.15) is 18.1 Å². The van der Waals surface area contributed by atoms with E-state index in [0.29, 0.717) is 13.1 Å². The SMILES string of the molecule is C[C@H](C(=O)Nc1ccc(F)c(F)c1F)N1CCc2ccccc2C1. The first-order chi connectivity index (χ1) is 11.5. The molecule has 1 N–H and O–H groups in total. The van der Waals surface area contributed by atoms with Crippen molar-refractivity contribution in [2.24, 2.45) is 0 Å². The fourth-order valence-electron chi connectivity index (χ4n) is 2.87. The number of fused-ring (bicyclic) bond motifs is 1.